The van der Waals surface area contributed by atoms with E-state index in [4.69, 9.17) is 24.3 Å². The first-order valence-electron chi connectivity index (χ1n) is 21.7. The van der Waals surface area contributed by atoms with Crippen molar-refractivity contribution < 1.29 is 42.4 Å². The molecule has 0 amide bonds. The molecule has 0 aromatic heterocycles. The molecule has 0 aromatic rings. The number of hydrogen-bond acceptors (Lipinski definition) is 9. The van der Waals surface area contributed by atoms with Gasteiger partial charge in [0.2, 0.25) is 0 Å². The molecule has 0 aliphatic carbocycles. The Labute approximate surface area is 351 Å². The van der Waals surface area contributed by atoms with Gasteiger partial charge in [0.05, 0.1) is 13.2 Å². The van der Waals surface area contributed by atoms with Crippen molar-refractivity contribution in [2.45, 2.75) is 155 Å². The smallest absolute Gasteiger partial charge is 0.462 e. The van der Waals surface area contributed by atoms with Gasteiger partial charge in [-0.1, -0.05) is 137 Å². The maximum Gasteiger partial charge on any atom is 0.472 e. The number of carbonyl (C=O) groups excluding carboxylic acids is 3. The zero-order chi connectivity index (χ0) is 42.6. The van der Waals surface area contributed by atoms with Crippen LogP contribution in [0.15, 0.2) is 97.2 Å². The predicted molar refractivity (Wildman–Crippen MR) is 238 cm³/mol. The number of hydrogen-bond donors (Lipinski definition) is 2. The van der Waals surface area contributed by atoms with E-state index < -0.39 is 32.5 Å². The van der Waals surface area contributed by atoms with Crippen LogP contribution < -0.4 is 5.73 Å². The normalized spacial score (nSPS) is 14.1. The molecule has 11 heteroatoms. The van der Waals surface area contributed by atoms with Gasteiger partial charge in [-0.05, 0) is 89.5 Å². The molecule has 0 rings (SSSR count). The van der Waals surface area contributed by atoms with E-state index in [1.54, 1.807) is 12.2 Å². The minimum absolute atomic E-state index is 0.0246. The summed E-state index contributed by atoms with van der Waals surface area (Å²) >= 11 is 0. The number of esters is 2. The minimum Gasteiger partial charge on any atom is -0.462 e. The van der Waals surface area contributed by atoms with Crippen molar-refractivity contribution in [2.24, 2.45) is 5.73 Å². The Bertz CT molecular complexity index is 1330. The van der Waals surface area contributed by atoms with Gasteiger partial charge < -0.3 is 20.1 Å². The first-order chi connectivity index (χ1) is 28.2. The minimum atomic E-state index is -4.42. The second kappa shape index (κ2) is 41.7. The quantitative estimate of drug-likeness (QED) is 0.0153. The van der Waals surface area contributed by atoms with E-state index in [9.17, 15) is 23.8 Å². The summed E-state index contributed by atoms with van der Waals surface area (Å²) < 4.78 is 32.6. The first-order valence-corrected chi connectivity index (χ1v) is 23.2. The summed E-state index contributed by atoms with van der Waals surface area (Å²) in [6.45, 7) is 3.39. The summed E-state index contributed by atoms with van der Waals surface area (Å²) in [6.07, 6.45) is 50.0. The van der Waals surface area contributed by atoms with Gasteiger partial charge in [0.25, 0.3) is 0 Å². The molecule has 0 aliphatic rings. The van der Waals surface area contributed by atoms with E-state index in [1.807, 2.05) is 36.5 Å². The molecule has 0 fully saturated rings. The van der Waals surface area contributed by atoms with Crippen molar-refractivity contribution in [1.82, 2.24) is 0 Å². The summed E-state index contributed by atoms with van der Waals surface area (Å²) in [5, 5.41) is 0. The highest BCUT2D eigenvalue weighted by Crippen LogP contribution is 2.43. The lowest BCUT2D eigenvalue weighted by Gasteiger charge is -2.19. The Balaban J connectivity index is 4.38. The van der Waals surface area contributed by atoms with Crippen LogP contribution in [0.25, 0.3) is 0 Å². The second-order valence-electron chi connectivity index (χ2n) is 13.9. The van der Waals surface area contributed by atoms with Crippen LogP contribution in [0.4, 0.5) is 0 Å². The lowest BCUT2D eigenvalue weighted by molar-refractivity contribution is -0.161. The van der Waals surface area contributed by atoms with Crippen molar-refractivity contribution in [3.8, 4) is 0 Å². The number of unbranched alkanes of at least 4 members (excludes halogenated alkanes) is 9. The van der Waals surface area contributed by atoms with Crippen LogP contribution in [-0.4, -0.2) is 55.1 Å². The van der Waals surface area contributed by atoms with Gasteiger partial charge in [-0.25, -0.2) is 4.57 Å². The average molecular weight is 830 g/mol. The van der Waals surface area contributed by atoms with E-state index in [0.29, 0.717) is 25.7 Å². The first kappa shape index (κ1) is 54.6. The Hall–Kier alpha value is -3.40. The second-order valence-corrected chi connectivity index (χ2v) is 15.3. The summed E-state index contributed by atoms with van der Waals surface area (Å²) in [5.74, 6) is -0.813. The van der Waals surface area contributed by atoms with E-state index in [-0.39, 0.29) is 38.4 Å². The molecule has 0 bridgehead atoms. The fourth-order valence-corrected chi connectivity index (χ4v) is 5.92. The number of ether oxygens (including phenoxy) is 2. The maximum absolute atomic E-state index is 12.6. The number of nitrogens with two attached hydrogens (primary N) is 1. The molecule has 0 aromatic carbocycles. The number of ketones is 1. The standard InChI is InChI=1S/C47H76NO9P/c1-3-5-7-8-9-10-11-12-13-14-15-16-17-18-21-24-27-30-34-38-46(50)54-42-45(43-56-58(52,53)55-41-40-48)57-47(51)39-35-31-28-25-22-19-20-23-26-29-33-37-44(49)36-32-6-4-2/h9-10,12-13,15-16,18-21,25-26,28-29,33,37,45H,3-8,11,14,17,22-24,27,30-32,34-36,38-43,48H2,1-2H3,(H,52,53)/b10-9-,13-12-,16-15-,20-19-,21-18-,28-25-,29-26-,37-33+/t45-/m1/s1. The number of carbonyl (C=O) groups is 3. The molecular weight excluding hydrogens is 753 g/mol. The predicted octanol–water partition coefficient (Wildman–Crippen LogP) is 11.8. The van der Waals surface area contributed by atoms with Crippen LogP contribution in [0.3, 0.4) is 0 Å². The molecule has 58 heavy (non-hydrogen) atoms. The topological polar surface area (TPSA) is 151 Å². The lowest BCUT2D eigenvalue weighted by Crippen LogP contribution is -2.29. The third kappa shape index (κ3) is 40.8. The van der Waals surface area contributed by atoms with Crippen molar-refractivity contribution in [1.29, 1.82) is 0 Å². The average Bonchev–Trinajstić information content (AvgIpc) is 3.20. The number of phosphoric acid groups is 1. The van der Waals surface area contributed by atoms with Gasteiger partial charge in [0, 0.05) is 25.8 Å². The van der Waals surface area contributed by atoms with Crippen LogP contribution >= 0.6 is 7.82 Å². The molecule has 0 heterocycles. The van der Waals surface area contributed by atoms with E-state index >= 15 is 0 Å². The van der Waals surface area contributed by atoms with E-state index in [1.165, 1.54) is 25.7 Å². The molecule has 328 valence electrons. The molecule has 3 N–H and O–H groups in total. The van der Waals surface area contributed by atoms with E-state index in [2.05, 4.69) is 62.5 Å². The van der Waals surface area contributed by atoms with Gasteiger partial charge in [-0.2, -0.15) is 0 Å². The van der Waals surface area contributed by atoms with Crippen LogP contribution in [0, 0.1) is 0 Å². The molecule has 0 saturated carbocycles. The lowest BCUT2D eigenvalue weighted by atomic mass is 10.1. The molecule has 0 spiro atoms. The molecule has 2 atom stereocenters. The summed E-state index contributed by atoms with van der Waals surface area (Å²) in [7, 11) is -4.42. The van der Waals surface area contributed by atoms with Gasteiger partial charge in [0.1, 0.15) is 6.61 Å². The van der Waals surface area contributed by atoms with Crippen molar-refractivity contribution in [2.75, 3.05) is 26.4 Å². The fourth-order valence-electron chi connectivity index (χ4n) is 5.15. The highest BCUT2D eigenvalue weighted by atomic mass is 31.2. The fraction of sp³-hybridized carbons (Fsp3) is 0.596. The van der Waals surface area contributed by atoms with Gasteiger partial charge in [0.15, 0.2) is 11.9 Å². The van der Waals surface area contributed by atoms with Crippen molar-refractivity contribution in [3.63, 3.8) is 0 Å². The monoisotopic (exact) mass is 830 g/mol. The van der Waals surface area contributed by atoms with Crippen LogP contribution in [0.2, 0.25) is 0 Å². The SMILES string of the molecule is CCCCC/C=C\C/C=C\C/C=C\C/C=C\CCCCCC(=O)OC[C@H](COP(=O)(O)OCCN)OC(=O)CCC/C=C\C/C=C\C/C=C\C=C\C(=O)CCCCC. The molecular formula is C47H76NO9P. The molecule has 1 unspecified atom stereocenters. The molecule has 0 saturated heterocycles. The van der Waals surface area contributed by atoms with Crippen molar-refractivity contribution in [3.05, 3.63) is 97.2 Å². The van der Waals surface area contributed by atoms with Crippen LogP contribution in [-0.2, 0) is 37.5 Å². The van der Waals surface area contributed by atoms with Crippen LogP contribution in [0.1, 0.15) is 149 Å². The maximum atomic E-state index is 12.6. The van der Waals surface area contributed by atoms with Crippen molar-refractivity contribution >= 4 is 25.5 Å². The Morgan fingerprint density at radius 2 is 1.07 bits per heavy atom. The van der Waals surface area contributed by atoms with Gasteiger partial charge >= 0.3 is 19.8 Å². The summed E-state index contributed by atoms with van der Waals surface area (Å²) in [6, 6.07) is 0. The van der Waals surface area contributed by atoms with Gasteiger partial charge in [-0.3, -0.25) is 23.4 Å². The van der Waals surface area contributed by atoms with E-state index in [0.717, 1.165) is 70.6 Å². The zero-order valence-corrected chi connectivity index (χ0v) is 36.6. The van der Waals surface area contributed by atoms with Crippen LogP contribution in [0.5, 0.6) is 0 Å². The Morgan fingerprint density at radius 3 is 1.66 bits per heavy atom. The number of rotatable bonds is 39. The Morgan fingerprint density at radius 1 is 0.569 bits per heavy atom. The number of allylic oxidation sites excluding steroid dienone is 16. The third-order valence-electron chi connectivity index (χ3n) is 8.42. The third-order valence-corrected chi connectivity index (χ3v) is 9.40. The molecule has 10 nitrogen and oxygen atoms in total. The highest BCUT2D eigenvalue weighted by Gasteiger charge is 2.25. The van der Waals surface area contributed by atoms with Gasteiger partial charge in [-0.15, -0.1) is 0 Å². The zero-order valence-electron chi connectivity index (χ0n) is 35.7. The molecule has 0 radical (unpaired) electrons. The Kier molecular flexibility index (Phi) is 39.3. The number of phosphoric ester groups is 1. The summed E-state index contributed by atoms with van der Waals surface area (Å²) in [4.78, 5) is 46.6. The highest BCUT2D eigenvalue weighted by molar-refractivity contribution is 7.47. The molecule has 0 aliphatic heterocycles. The summed E-state index contributed by atoms with van der Waals surface area (Å²) in [5.41, 5.74) is 5.33. The largest absolute Gasteiger partial charge is 0.472 e.